The maximum atomic E-state index is 13.0. The fourth-order valence-corrected chi connectivity index (χ4v) is 2.55. The van der Waals surface area contributed by atoms with E-state index >= 15 is 0 Å². The summed E-state index contributed by atoms with van der Waals surface area (Å²) < 4.78 is 24.8. The Morgan fingerprint density at radius 1 is 1.29 bits per heavy atom. The minimum atomic E-state index is -0.345. The Morgan fingerprint density at radius 2 is 2.10 bits per heavy atom. The highest BCUT2D eigenvalue weighted by Gasteiger charge is 2.32. The fourth-order valence-electron chi connectivity index (χ4n) is 2.55. The van der Waals surface area contributed by atoms with Gasteiger partial charge in [0.25, 0.3) is 0 Å². The summed E-state index contributed by atoms with van der Waals surface area (Å²) in [5.74, 6) is 1.15. The lowest BCUT2D eigenvalue weighted by Gasteiger charge is -2.18. The van der Waals surface area contributed by atoms with Gasteiger partial charge in [0.05, 0.1) is 0 Å². The van der Waals surface area contributed by atoms with E-state index in [9.17, 15) is 4.39 Å². The van der Waals surface area contributed by atoms with Crippen LogP contribution in [0.1, 0.15) is 25.0 Å². The lowest BCUT2D eigenvalue weighted by atomic mass is 10.0. The SMILES string of the molecule is CC1(C)Cc2cccc(OCc3ccc(F)cc3N)c2O1. The van der Waals surface area contributed by atoms with Gasteiger partial charge in [-0.3, -0.25) is 0 Å². The van der Waals surface area contributed by atoms with E-state index in [2.05, 4.69) is 13.8 Å². The van der Waals surface area contributed by atoms with Crippen LogP contribution in [0.3, 0.4) is 0 Å². The van der Waals surface area contributed by atoms with E-state index < -0.39 is 0 Å². The quantitative estimate of drug-likeness (QED) is 0.875. The van der Waals surface area contributed by atoms with E-state index in [1.807, 2.05) is 18.2 Å². The molecule has 2 aromatic carbocycles. The Hall–Kier alpha value is -2.23. The van der Waals surface area contributed by atoms with Gasteiger partial charge in [0, 0.05) is 23.2 Å². The van der Waals surface area contributed by atoms with Gasteiger partial charge in [-0.15, -0.1) is 0 Å². The van der Waals surface area contributed by atoms with Crippen LogP contribution in [0, 0.1) is 5.82 Å². The molecule has 0 aliphatic carbocycles. The van der Waals surface area contributed by atoms with Gasteiger partial charge >= 0.3 is 0 Å². The molecule has 1 aliphatic heterocycles. The summed E-state index contributed by atoms with van der Waals surface area (Å²) in [5, 5.41) is 0. The van der Waals surface area contributed by atoms with Crippen LogP contribution in [0.2, 0.25) is 0 Å². The number of hydrogen-bond acceptors (Lipinski definition) is 3. The molecule has 0 saturated heterocycles. The Labute approximate surface area is 123 Å². The summed E-state index contributed by atoms with van der Waals surface area (Å²) in [6.07, 6.45) is 0.859. The third-order valence-corrected chi connectivity index (χ3v) is 3.55. The van der Waals surface area contributed by atoms with Crippen molar-refractivity contribution in [2.45, 2.75) is 32.5 Å². The molecular weight excluding hydrogens is 269 g/mol. The topological polar surface area (TPSA) is 44.5 Å². The number of nitrogens with two attached hydrogens (primary N) is 1. The predicted molar refractivity (Wildman–Crippen MR) is 80.0 cm³/mol. The molecule has 0 radical (unpaired) electrons. The van der Waals surface area contributed by atoms with Crippen molar-refractivity contribution in [3.8, 4) is 11.5 Å². The summed E-state index contributed by atoms with van der Waals surface area (Å²) >= 11 is 0. The molecule has 110 valence electrons. The van der Waals surface area contributed by atoms with Crippen molar-refractivity contribution in [1.82, 2.24) is 0 Å². The number of rotatable bonds is 3. The summed E-state index contributed by atoms with van der Waals surface area (Å²) in [5.41, 5.74) is 7.87. The first-order valence-electron chi connectivity index (χ1n) is 6.92. The van der Waals surface area contributed by atoms with Crippen molar-refractivity contribution >= 4 is 5.69 Å². The second kappa shape index (κ2) is 4.95. The Balaban J connectivity index is 1.80. The first-order valence-corrected chi connectivity index (χ1v) is 6.92. The molecule has 0 unspecified atom stereocenters. The van der Waals surface area contributed by atoms with Crippen molar-refractivity contribution in [3.63, 3.8) is 0 Å². The molecular formula is C17H18FNO2. The second-order valence-electron chi connectivity index (χ2n) is 5.91. The highest BCUT2D eigenvalue weighted by atomic mass is 19.1. The van der Waals surface area contributed by atoms with Gasteiger partial charge in [0.1, 0.15) is 18.0 Å². The normalized spacial score (nSPS) is 15.4. The lowest BCUT2D eigenvalue weighted by Crippen LogP contribution is -2.24. The lowest BCUT2D eigenvalue weighted by molar-refractivity contribution is 0.131. The van der Waals surface area contributed by atoms with E-state index in [0.29, 0.717) is 11.4 Å². The summed E-state index contributed by atoms with van der Waals surface area (Å²) in [7, 11) is 0. The molecule has 0 amide bonds. The van der Waals surface area contributed by atoms with Crippen molar-refractivity contribution in [2.75, 3.05) is 5.73 Å². The minimum Gasteiger partial charge on any atom is -0.485 e. The third-order valence-electron chi connectivity index (χ3n) is 3.55. The van der Waals surface area contributed by atoms with Crippen LogP contribution in [0.5, 0.6) is 11.5 Å². The van der Waals surface area contributed by atoms with Crippen LogP contribution < -0.4 is 15.2 Å². The van der Waals surface area contributed by atoms with Gasteiger partial charge in [-0.05, 0) is 32.0 Å². The number of benzene rings is 2. The zero-order valence-corrected chi connectivity index (χ0v) is 12.2. The largest absolute Gasteiger partial charge is 0.485 e. The van der Waals surface area contributed by atoms with Crippen LogP contribution in [-0.4, -0.2) is 5.60 Å². The predicted octanol–water partition coefficient (Wildman–Crippen LogP) is 3.70. The monoisotopic (exact) mass is 287 g/mol. The van der Waals surface area contributed by atoms with Gasteiger partial charge in [0.2, 0.25) is 0 Å². The van der Waals surface area contributed by atoms with Gasteiger partial charge < -0.3 is 15.2 Å². The van der Waals surface area contributed by atoms with E-state index in [1.54, 1.807) is 6.07 Å². The van der Waals surface area contributed by atoms with E-state index in [4.69, 9.17) is 15.2 Å². The van der Waals surface area contributed by atoms with Crippen molar-refractivity contribution in [2.24, 2.45) is 0 Å². The fraction of sp³-hybridized carbons (Fsp3) is 0.294. The molecule has 0 atom stereocenters. The van der Waals surface area contributed by atoms with Crippen molar-refractivity contribution in [1.29, 1.82) is 0 Å². The first-order chi connectivity index (χ1) is 9.94. The van der Waals surface area contributed by atoms with Crippen LogP contribution in [0.15, 0.2) is 36.4 Å². The molecule has 4 heteroatoms. The van der Waals surface area contributed by atoms with E-state index in [1.165, 1.54) is 12.1 Å². The number of hydrogen-bond donors (Lipinski definition) is 1. The molecule has 1 heterocycles. The Morgan fingerprint density at radius 3 is 2.86 bits per heavy atom. The smallest absolute Gasteiger partial charge is 0.165 e. The highest BCUT2D eigenvalue weighted by molar-refractivity contribution is 5.51. The average Bonchev–Trinajstić information content (AvgIpc) is 2.72. The van der Waals surface area contributed by atoms with Crippen LogP contribution >= 0.6 is 0 Å². The summed E-state index contributed by atoms with van der Waals surface area (Å²) in [6.45, 7) is 4.38. The Kier molecular flexibility index (Phi) is 3.24. The van der Waals surface area contributed by atoms with Crippen LogP contribution in [-0.2, 0) is 13.0 Å². The third kappa shape index (κ3) is 2.79. The number of para-hydroxylation sites is 1. The molecule has 1 aliphatic rings. The summed E-state index contributed by atoms with van der Waals surface area (Å²) in [4.78, 5) is 0. The maximum absolute atomic E-state index is 13.0. The van der Waals surface area contributed by atoms with Gasteiger partial charge in [0.15, 0.2) is 11.5 Å². The van der Waals surface area contributed by atoms with Crippen molar-refractivity contribution < 1.29 is 13.9 Å². The number of anilines is 1. The number of fused-ring (bicyclic) bond motifs is 1. The van der Waals surface area contributed by atoms with E-state index in [-0.39, 0.29) is 18.0 Å². The molecule has 2 N–H and O–H groups in total. The molecule has 0 aromatic heterocycles. The van der Waals surface area contributed by atoms with E-state index in [0.717, 1.165) is 23.3 Å². The maximum Gasteiger partial charge on any atom is 0.165 e. The standard InChI is InChI=1S/C17H18FNO2/c1-17(2)9-11-4-3-5-15(16(11)21-17)20-10-12-6-7-13(18)8-14(12)19/h3-8H,9-10,19H2,1-2H3. The molecule has 0 spiro atoms. The van der Waals surface area contributed by atoms with Crippen LogP contribution in [0.4, 0.5) is 10.1 Å². The highest BCUT2D eigenvalue weighted by Crippen LogP contribution is 2.42. The number of ether oxygens (including phenoxy) is 2. The molecule has 0 saturated carbocycles. The average molecular weight is 287 g/mol. The molecule has 21 heavy (non-hydrogen) atoms. The van der Waals surface area contributed by atoms with Gasteiger partial charge in [-0.25, -0.2) is 4.39 Å². The van der Waals surface area contributed by atoms with Crippen molar-refractivity contribution in [3.05, 3.63) is 53.3 Å². The molecule has 2 aromatic rings. The Bertz CT molecular complexity index is 682. The first kappa shape index (κ1) is 13.7. The molecule has 3 rings (SSSR count). The molecule has 0 fully saturated rings. The van der Waals surface area contributed by atoms with Gasteiger partial charge in [-0.2, -0.15) is 0 Å². The van der Waals surface area contributed by atoms with Gasteiger partial charge in [-0.1, -0.05) is 18.2 Å². The van der Waals surface area contributed by atoms with Crippen LogP contribution in [0.25, 0.3) is 0 Å². The zero-order chi connectivity index (χ0) is 15.0. The zero-order valence-electron chi connectivity index (χ0n) is 12.2. The number of halogens is 1. The minimum absolute atomic E-state index is 0.212. The second-order valence-corrected chi connectivity index (χ2v) is 5.91. The number of nitrogen functional groups attached to an aromatic ring is 1. The molecule has 3 nitrogen and oxygen atoms in total. The molecule has 0 bridgehead atoms. The summed E-state index contributed by atoms with van der Waals surface area (Å²) in [6, 6.07) is 10.2.